The summed E-state index contributed by atoms with van der Waals surface area (Å²) >= 11 is 5.74. The number of hydrogen-bond donors (Lipinski definition) is 0. The first kappa shape index (κ1) is 18.5. The molecule has 0 aromatic carbocycles. The van der Waals surface area contributed by atoms with Gasteiger partial charge in [0.05, 0.1) is 0 Å². The molecule has 4 fully saturated rings. The standard InChI is InChI=1S/C24H40S/c1-5-6-16(2)20-11-12-21-19-10-8-17-7-9-18(25)15-24(17,4)22(19)13-14-23(20,21)3/h16-17,19-22H,5-15H2,1-4H3/t16-,17?,19+,20-,21+,22+,23-,24+/m1/s1. The molecule has 142 valence electrons. The van der Waals surface area contributed by atoms with Crippen LogP contribution >= 0.6 is 12.2 Å². The molecule has 4 aliphatic carbocycles. The molecule has 25 heavy (non-hydrogen) atoms. The molecule has 0 nitrogen and oxygen atoms in total. The molecule has 0 radical (unpaired) electrons. The summed E-state index contributed by atoms with van der Waals surface area (Å²) in [7, 11) is 0. The topological polar surface area (TPSA) is 0 Å². The van der Waals surface area contributed by atoms with E-state index in [0.29, 0.717) is 10.8 Å². The van der Waals surface area contributed by atoms with Gasteiger partial charge in [0, 0.05) is 0 Å². The minimum absolute atomic E-state index is 0.548. The van der Waals surface area contributed by atoms with Crippen LogP contribution in [0.5, 0.6) is 0 Å². The quantitative estimate of drug-likeness (QED) is 0.471. The maximum Gasteiger partial charge on any atom is -0.00658 e. The highest BCUT2D eigenvalue weighted by atomic mass is 32.1. The van der Waals surface area contributed by atoms with E-state index in [2.05, 4.69) is 27.7 Å². The first-order valence-corrected chi connectivity index (χ1v) is 11.8. The van der Waals surface area contributed by atoms with E-state index < -0.39 is 0 Å². The van der Waals surface area contributed by atoms with Crippen LogP contribution < -0.4 is 0 Å². The molecule has 0 heterocycles. The van der Waals surface area contributed by atoms with E-state index in [9.17, 15) is 0 Å². The number of rotatable bonds is 3. The molecule has 0 saturated heterocycles. The molecular weight excluding hydrogens is 320 g/mol. The molecule has 0 aromatic heterocycles. The largest absolute Gasteiger partial charge is 0.0897 e. The van der Waals surface area contributed by atoms with Gasteiger partial charge in [-0.2, -0.15) is 0 Å². The van der Waals surface area contributed by atoms with Crippen LogP contribution in [-0.4, -0.2) is 4.86 Å². The molecule has 0 aliphatic heterocycles. The molecule has 1 heteroatoms. The zero-order valence-electron chi connectivity index (χ0n) is 17.2. The van der Waals surface area contributed by atoms with Gasteiger partial charge in [-0.25, -0.2) is 0 Å². The average Bonchev–Trinajstić information content (AvgIpc) is 2.91. The highest BCUT2D eigenvalue weighted by molar-refractivity contribution is 7.80. The van der Waals surface area contributed by atoms with Crippen LogP contribution in [0.3, 0.4) is 0 Å². The molecule has 0 bridgehead atoms. The van der Waals surface area contributed by atoms with Crippen molar-refractivity contribution in [3.63, 3.8) is 0 Å². The third-order valence-electron chi connectivity index (χ3n) is 9.92. The van der Waals surface area contributed by atoms with Crippen molar-refractivity contribution in [2.45, 2.75) is 98.3 Å². The Kier molecular flexibility index (Phi) is 4.88. The molecule has 0 N–H and O–H groups in total. The molecule has 4 aliphatic rings. The number of fused-ring (bicyclic) bond motifs is 5. The first-order chi connectivity index (χ1) is 11.9. The molecule has 4 rings (SSSR count). The van der Waals surface area contributed by atoms with Gasteiger partial charge in [0.25, 0.3) is 0 Å². The molecule has 4 saturated carbocycles. The lowest BCUT2D eigenvalue weighted by molar-refractivity contribution is -0.102. The molecule has 0 spiro atoms. The lowest BCUT2D eigenvalue weighted by Crippen LogP contribution is -2.53. The van der Waals surface area contributed by atoms with Gasteiger partial charge in [0.1, 0.15) is 0 Å². The third-order valence-corrected chi connectivity index (χ3v) is 10.3. The zero-order chi connectivity index (χ0) is 17.8. The molecule has 1 unspecified atom stereocenters. The van der Waals surface area contributed by atoms with Crippen molar-refractivity contribution in [1.82, 2.24) is 0 Å². The van der Waals surface area contributed by atoms with E-state index in [1.165, 1.54) is 75.5 Å². The second-order valence-electron chi connectivity index (χ2n) is 10.9. The van der Waals surface area contributed by atoms with E-state index in [0.717, 1.165) is 35.5 Å². The summed E-state index contributed by atoms with van der Waals surface area (Å²) in [4.78, 5) is 1.40. The van der Waals surface area contributed by atoms with E-state index in [4.69, 9.17) is 12.2 Å². The van der Waals surface area contributed by atoms with Gasteiger partial charge in [0.15, 0.2) is 0 Å². The van der Waals surface area contributed by atoms with Crippen LogP contribution in [0, 0.1) is 46.3 Å². The Balaban J connectivity index is 1.58. The van der Waals surface area contributed by atoms with Crippen molar-refractivity contribution in [2.75, 3.05) is 0 Å². The van der Waals surface area contributed by atoms with Crippen LogP contribution in [-0.2, 0) is 0 Å². The Morgan fingerprint density at radius 2 is 1.76 bits per heavy atom. The average molecular weight is 361 g/mol. The van der Waals surface area contributed by atoms with Crippen molar-refractivity contribution < 1.29 is 0 Å². The smallest absolute Gasteiger partial charge is 0.00658 e. The van der Waals surface area contributed by atoms with Crippen LogP contribution in [0.1, 0.15) is 98.3 Å². The van der Waals surface area contributed by atoms with Crippen molar-refractivity contribution in [3.05, 3.63) is 0 Å². The van der Waals surface area contributed by atoms with Crippen LogP contribution in [0.25, 0.3) is 0 Å². The lowest BCUT2D eigenvalue weighted by atomic mass is 9.44. The maximum absolute atomic E-state index is 5.74. The summed E-state index contributed by atoms with van der Waals surface area (Å²) in [5.74, 6) is 5.91. The molecular formula is C24H40S. The van der Waals surface area contributed by atoms with Gasteiger partial charge < -0.3 is 0 Å². The fourth-order valence-corrected chi connectivity index (χ4v) is 9.19. The van der Waals surface area contributed by atoms with E-state index >= 15 is 0 Å². The predicted octanol–water partition coefficient (Wildman–Crippen LogP) is 7.45. The summed E-state index contributed by atoms with van der Waals surface area (Å²) in [6.07, 6.45) is 15.8. The SMILES string of the molecule is CCC[C@@H](C)[C@H]1CC[C@H]2[C@@H]3CCC4CCC(=S)C[C@]4(C)[C@H]3CC[C@]12C. The Labute approximate surface area is 161 Å². The second kappa shape index (κ2) is 6.61. The zero-order valence-corrected chi connectivity index (χ0v) is 18.0. The van der Waals surface area contributed by atoms with Crippen LogP contribution in [0.15, 0.2) is 0 Å². The fourth-order valence-electron chi connectivity index (χ4n) is 8.76. The van der Waals surface area contributed by atoms with Crippen molar-refractivity contribution in [3.8, 4) is 0 Å². The second-order valence-corrected chi connectivity index (χ2v) is 11.5. The third kappa shape index (κ3) is 2.77. The Hall–Kier alpha value is 0.0900. The molecule has 0 aromatic rings. The maximum atomic E-state index is 5.74. The van der Waals surface area contributed by atoms with E-state index in [1.807, 2.05) is 0 Å². The molecule has 0 amide bonds. The summed E-state index contributed by atoms with van der Waals surface area (Å²) in [6, 6.07) is 0. The number of hydrogen-bond acceptors (Lipinski definition) is 1. The van der Waals surface area contributed by atoms with Gasteiger partial charge in [-0.1, -0.05) is 52.8 Å². The Bertz CT molecular complexity index is 524. The normalized spacial score (nSPS) is 50.7. The monoisotopic (exact) mass is 360 g/mol. The first-order valence-electron chi connectivity index (χ1n) is 11.4. The van der Waals surface area contributed by atoms with Crippen molar-refractivity contribution >= 4 is 17.1 Å². The van der Waals surface area contributed by atoms with Gasteiger partial charge in [-0.15, -0.1) is 0 Å². The predicted molar refractivity (Wildman–Crippen MR) is 112 cm³/mol. The van der Waals surface area contributed by atoms with Crippen molar-refractivity contribution in [1.29, 1.82) is 0 Å². The summed E-state index contributed by atoms with van der Waals surface area (Å²) in [5.41, 5.74) is 1.20. The van der Waals surface area contributed by atoms with Crippen molar-refractivity contribution in [2.24, 2.45) is 46.3 Å². The van der Waals surface area contributed by atoms with Gasteiger partial charge >= 0.3 is 0 Å². The fraction of sp³-hybridized carbons (Fsp3) is 0.958. The van der Waals surface area contributed by atoms with Crippen LogP contribution in [0.4, 0.5) is 0 Å². The highest BCUT2D eigenvalue weighted by Crippen LogP contribution is 2.68. The minimum atomic E-state index is 0.548. The summed E-state index contributed by atoms with van der Waals surface area (Å²) in [6.45, 7) is 10.3. The number of thiocarbonyl (C=S) groups is 1. The van der Waals surface area contributed by atoms with Gasteiger partial charge in [-0.3, -0.25) is 0 Å². The summed E-state index contributed by atoms with van der Waals surface area (Å²) in [5, 5.41) is 0. The van der Waals surface area contributed by atoms with Gasteiger partial charge in [-0.05, 0) is 109 Å². The minimum Gasteiger partial charge on any atom is -0.0897 e. The van der Waals surface area contributed by atoms with E-state index in [-0.39, 0.29) is 0 Å². The van der Waals surface area contributed by atoms with E-state index in [1.54, 1.807) is 0 Å². The highest BCUT2D eigenvalue weighted by Gasteiger charge is 2.60. The summed E-state index contributed by atoms with van der Waals surface area (Å²) < 4.78 is 0. The van der Waals surface area contributed by atoms with Crippen LogP contribution in [0.2, 0.25) is 0 Å². The Morgan fingerprint density at radius 3 is 2.52 bits per heavy atom. The Morgan fingerprint density at radius 1 is 1.00 bits per heavy atom. The lowest BCUT2D eigenvalue weighted by Gasteiger charge is -2.61. The molecule has 8 atom stereocenters. The van der Waals surface area contributed by atoms with Gasteiger partial charge in [0.2, 0.25) is 0 Å².